The molecule has 0 bridgehead atoms. The van der Waals surface area contributed by atoms with Gasteiger partial charge in [-0.1, -0.05) is 28.1 Å². The van der Waals surface area contributed by atoms with Gasteiger partial charge in [0.25, 0.3) is 5.91 Å². The first-order valence-electron chi connectivity index (χ1n) is 8.99. The largest absolute Gasteiger partial charge is 0.484 e. The average Bonchev–Trinajstić information content (AvgIpc) is 2.64. The summed E-state index contributed by atoms with van der Waals surface area (Å²) in [4.78, 5) is 27.0. The van der Waals surface area contributed by atoms with Crippen molar-refractivity contribution in [3.05, 3.63) is 62.1 Å². The van der Waals surface area contributed by atoms with Gasteiger partial charge in [0.15, 0.2) is 6.61 Å². The van der Waals surface area contributed by atoms with Crippen molar-refractivity contribution in [2.24, 2.45) is 0 Å². The standard InChI is InChI=1S/C21H24BrIN2O3/c1-14(2)24-21(27)15(3)25(12-16-5-4-6-17(22)11-16)20(26)13-28-19-9-7-18(23)8-10-19/h4-11,14-15H,12-13H2,1-3H3,(H,24,27)/t15-/m0/s1. The van der Waals surface area contributed by atoms with Crippen LogP contribution in [0.2, 0.25) is 0 Å². The topological polar surface area (TPSA) is 58.6 Å². The maximum Gasteiger partial charge on any atom is 0.261 e. The Bertz CT molecular complexity index is 812. The smallest absolute Gasteiger partial charge is 0.261 e. The lowest BCUT2D eigenvalue weighted by Crippen LogP contribution is -2.50. The molecule has 0 saturated carbocycles. The summed E-state index contributed by atoms with van der Waals surface area (Å²) < 4.78 is 7.65. The molecule has 2 aromatic carbocycles. The Kier molecular flexibility index (Phi) is 8.75. The van der Waals surface area contributed by atoms with Crippen molar-refractivity contribution in [1.82, 2.24) is 10.2 Å². The van der Waals surface area contributed by atoms with Gasteiger partial charge in [-0.25, -0.2) is 0 Å². The predicted molar refractivity (Wildman–Crippen MR) is 122 cm³/mol. The minimum absolute atomic E-state index is 0.000753. The molecular formula is C21H24BrIN2O3. The summed E-state index contributed by atoms with van der Waals surface area (Å²) in [6.45, 7) is 5.71. The van der Waals surface area contributed by atoms with Gasteiger partial charge in [0, 0.05) is 20.6 Å². The van der Waals surface area contributed by atoms with Crippen LogP contribution in [0.5, 0.6) is 5.75 Å². The Balaban J connectivity index is 2.14. The number of nitrogens with one attached hydrogen (secondary N) is 1. The van der Waals surface area contributed by atoms with Crippen molar-refractivity contribution in [1.29, 1.82) is 0 Å². The van der Waals surface area contributed by atoms with E-state index in [9.17, 15) is 9.59 Å². The van der Waals surface area contributed by atoms with E-state index in [0.717, 1.165) is 13.6 Å². The van der Waals surface area contributed by atoms with E-state index in [1.165, 1.54) is 0 Å². The number of benzene rings is 2. The van der Waals surface area contributed by atoms with Gasteiger partial charge in [-0.15, -0.1) is 0 Å². The van der Waals surface area contributed by atoms with E-state index >= 15 is 0 Å². The van der Waals surface area contributed by atoms with Gasteiger partial charge in [-0.05, 0) is 85.3 Å². The maximum absolute atomic E-state index is 12.9. The van der Waals surface area contributed by atoms with Crippen molar-refractivity contribution < 1.29 is 14.3 Å². The minimum Gasteiger partial charge on any atom is -0.484 e. The number of ether oxygens (including phenoxy) is 1. The summed E-state index contributed by atoms with van der Waals surface area (Å²) in [6.07, 6.45) is 0. The Morgan fingerprint density at radius 1 is 1.14 bits per heavy atom. The fraction of sp³-hybridized carbons (Fsp3) is 0.333. The lowest BCUT2D eigenvalue weighted by atomic mass is 10.1. The number of nitrogens with zero attached hydrogens (tertiary/aromatic N) is 1. The van der Waals surface area contributed by atoms with Crippen molar-refractivity contribution in [2.45, 2.75) is 39.4 Å². The van der Waals surface area contributed by atoms with Gasteiger partial charge < -0.3 is 15.0 Å². The highest BCUT2D eigenvalue weighted by atomic mass is 127. The number of amides is 2. The van der Waals surface area contributed by atoms with Gasteiger partial charge in [-0.3, -0.25) is 9.59 Å². The monoisotopic (exact) mass is 558 g/mol. The Morgan fingerprint density at radius 3 is 2.43 bits per heavy atom. The summed E-state index contributed by atoms with van der Waals surface area (Å²) in [5.41, 5.74) is 0.932. The lowest BCUT2D eigenvalue weighted by molar-refractivity contribution is -0.142. The molecule has 0 unspecified atom stereocenters. The summed E-state index contributed by atoms with van der Waals surface area (Å²) in [6, 6.07) is 14.6. The van der Waals surface area contributed by atoms with Crippen LogP contribution >= 0.6 is 38.5 Å². The molecule has 0 heterocycles. The van der Waals surface area contributed by atoms with E-state index in [2.05, 4.69) is 43.8 Å². The van der Waals surface area contributed by atoms with Gasteiger partial charge in [0.05, 0.1) is 0 Å². The quantitative estimate of drug-likeness (QED) is 0.489. The van der Waals surface area contributed by atoms with E-state index in [-0.39, 0.29) is 24.5 Å². The van der Waals surface area contributed by atoms with E-state index in [1.54, 1.807) is 11.8 Å². The second kappa shape index (κ2) is 10.8. The molecule has 0 aliphatic rings. The van der Waals surface area contributed by atoms with Gasteiger partial charge >= 0.3 is 0 Å². The zero-order valence-corrected chi connectivity index (χ0v) is 19.9. The number of carbonyl (C=O) groups is 2. The molecule has 0 aromatic heterocycles. The van der Waals surface area contributed by atoms with Crippen molar-refractivity contribution in [2.75, 3.05) is 6.61 Å². The molecule has 2 amide bonds. The highest BCUT2D eigenvalue weighted by Gasteiger charge is 2.26. The third-order valence-electron chi connectivity index (χ3n) is 4.02. The first-order valence-corrected chi connectivity index (χ1v) is 10.9. The molecule has 0 spiro atoms. The lowest BCUT2D eigenvalue weighted by Gasteiger charge is -2.29. The molecule has 0 fully saturated rings. The van der Waals surface area contributed by atoms with E-state index in [1.807, 2.05) is 62.4 Å². The van der Waals surface area contributed by atoms with Gasteiger partial charge in [0.2, 0.25) is 5.91 Å². The first kappa shape index (κ1) is 22.7. The van der Waals surface area contributed by atoms with Crippen LogP contribution in [0.1, 0.15) is 26.3 Å². The fourth-order valence-electron chi connectivity index (χ4n) is 2.58. The van der Waals surface area contributed by atoms with Crippen molar-refractivity contribution in [3.8, 4) is 5.75 Å². The molecule has 0 saturated heterocycles. The number of rotatable bonds is 8. The average molecular weight is 559 g/mol. The van der Waals surface area contributed by atoms with Crippen LogP contribution in [0.4, 0.5) is 0 Å². The van der Waals surface area contributed by atoms with Crippen molar-refractivity contribution >= 4 is 50.3 Å². The third kappa shape index (κ3) is 7.09. The first-order chi connectivity index (χ1) is 13.3. The molecular weight excluding hydrogens is 535 g/mol. The molecule has 2 rings (SSSR count). The molecule has 0 aliphatic carbocycles. The number of hydrogen-bond donors (Lipinski definition) is 1. The summed E-state index contributed by atoms with van der Waals surface area (Å²) >= 11 is 5.66. The highest BCUT2D eigenvalue weighted by molar-refractivity contribution is 14.1. The van der Waals surface area contributed by atoms with Gasteiger partial charge in [0.1, 0.15) is 11.8 Å². The second-order valence-corrected chi connectivity index (χ2v) is 8.89. The number of hydrogen-bond acceptors (Lipinski definition) is 3. The molecule has 1 N–H and O–H groups in total. The normalized spacial score (nSPS) is 11.8. The predicted octanol–water partition coefficient (Wildman–Crippen LogP) is 4.37. The zero-order chi connectivity index (χ0) is 20.7. The molecule has 2 aromatic rings. The van der Waals surface area contributed by atoms with Crippen LogP contribution < -0.4 is 10.1 Å². The Morgan fingerprint density at radius 2 is 1.82 bits per heavy atom. The highest BCUT2D eigenvalue weighted by Crippen LogP contribution is 2.17. The molecule has 1 atom stereocenters. The van der Waals surface area contributed by atoms with Crippen LogP contribution in [0, 0.1) is 3.57 Å². The minimum atomic E-state index is -0.616. The van der Waals surface area contributed by atoms with Crippen LogP contribution in [0.15, 0.2) is 53.0 Å². The summed E-state index contributed by atoms with van der Waals surface area (Å²) in [5, 5.41) is 2.87. The molecule has 0 aliphatic heterocycles. The Hall–Kier alpha value is -1.61. The summed E-state index contributed by atoms with van der Waals surface area (Å²) in [5.74, 6) is 0.188. The van der Waals surface area contributed by atoms with Crippen LogP contribution in [0.25, 0.3) is 0 Å². The van der Waals surface area contributed by atoms with Crippen molar-refractivity contribution in [3.63, 3.8) is 0 Å². The van der Waals surface area contributed by atoms with E-state index in [4.69, 9.17) is 4.74 Å². The number of halogens is 2. The molecule has 28 heavy (non-hydrogen) atoms. The molecule has 5 nitrogen and oxygen atoms in total. The summed E-state index contributed by atoms with van der Waals surface area (Å²) in [7, 11) is 0. The zero-order valence-electron chi connectivity index (χ0n) is 16.1. The fourth-order valence-corrected chi connectivity index (χ4v) is 3.38. The number of carbonyl (C=O) groups excluding carboxylic acids is 2. The van der Waals surface area contributed by atoms with Crippen LogP contribution in [0.3, 0.4) is 0 Å². The van der Waals surface area contributed by atoms with E-state index < -0.39 is 6.04 Å². The molecule has 7 heteroatoms. The van der Waals surface area contributed by atoms with Crippen LogP contribution in [-0.4, -0.2) is 35.4 Å². The Labute approximate surface area is 188 Å². The van der Waals surface area contributed by atoms with Gasteiger partial charge in [-0.2, -0.15) is 0 Å². The molecule has 0 radical (unpaired) electrons. The SMILES string of the molecule is CC(C)NC(=O)[C@H](C)N(Cc1cccc(Br)c1)C(=O)COc1ccc(I)cc1. The van der Waals surface area contributed by atoms with E-state index in [0.29, 0.717) is 12.3 Å². The second-order valence-electron chi connectivity index (χ2n) is 6.73. The van der Waals surface area contributed by atoms with Crippen LogP contribution in [-0.2, 0) is 16.1 Å². The maximum atomic E-state index is 12.9. The third-order valence-corrected chi connectivity index (χ3v) is 5.23. The molecule has 150 valence electrons.